The lowest BCUT2D eigenvalue weighted by atomic mass is 10.2. The van der Waals surface area contributed by atoms with Crippen LogP contribution in [0.4, 0.5) is 11.5 Å². The number of pyridine rings is 1. The Balaban J connectivity index is 0.000000290. The van der Waals surface area contributed by atoms with Gasteiger partial charge in [-0.15, -0.1) is 0 Å². The zero-order chi connectivity index (χ0) is 18.9. The van der Waals surface area contributed by atoms with E-state index in [4.69, 9.17) is 28.0 Å². The highest BCUT2D eigenvalue weighted by atomic mass is 32.1. The molecule has 0 spiro atoms. The molecular weight excluding hydrogens is 350 g/mol. The van der Waals surface area contributed by atoms with Crippen LogP contribution in [0.25, 0.3) is 0 Å². The Morgan fingerprint density at radius 3 is 2.54 bits per heavy atom. The second kappa shape index (κ2) is 9.68. The van der Waals surface area contributed by atoms with Crippen molar-refractivity contribution in [3.63, 3.8) is 0 Å². The minimum atomic E-state index is -0.522. The van der Waals surface area contributed by atoms with Crippen LogP contribution in [0.3, 0.4) is 0 Å². The molecule has 3 rings (SSSR count). The van der Waals surface area contributed by atoms with Gasteiger partial charge >= 0.3 is 0 Å². The van der Waals surface area contributed by atoms with Gasteiger partial charge in [0.2, 0.25) is 0 Å². The molecular formula is C18H21N5O2S. The number of nitrogens with one attached hydrogen (secondary N) is 2. The molecule has 0 amide bonds. The fourth-order valence-corrected chi connectivity index (χ4v) is 2.42. The highest BCUT2D eigenvalue weighted by Gasteiger charge is 2.06. The van der Waals surface area contributed by atoms with E-state index in [-0.39, 0.29) is 21.6 Å². The second-order valence-electron chi connectivity index (χ2n) is 5.77. The summed E-state index contributed by atoms with van der Waals surface area (Å²) < 4.78 is 5.32. The molecule has 1 fully saturated rings. The van der Waals surface area contributed by atoms with E-state index in [2.05, 4.69) is 17.0 Å². The van der Waals surface area contributed by atoms with Crippen molar-refractivity contribution in [2.45, 2.75) is 0 Å². The van der Waals surface area contributed by atoms with Crippen LogP contribution in [0.1, 0.15) is 11.1 Å². The molecule has 0 saturated carbocycles. The third-order valence-corrected chi connectivity index (χ3v) is 4.08. The van der Waals surface area contributed by atoms with Crippen molar-refractivity contribution >= 4 is 29.6 Å². The van der Waals surface area contributed by atoms with E-state index in [0.717, 1.165) is 13.2 Å². The van der Waals surface area contributed by atoms with Crippen molar-refractivity contribution in [1.82, 2.24) is 4.98 Å². The molecule has 0 aliphatic carbocycles. The monoisotopic (exact) mass is 371 g/mol. The van der Waals surface area contributed by atoms with Crippen LogP contribution in [0.15, 0.2) is 41.4 Å². The van der Waals surface area contributed by atoms with E-state index >= 15 is 0 Å². The van der Waals surface area contributed by atoms with Gasteiger partial charge in [0.1, 0.15) is 29.6 Å². The molecule has 4 N–H and O–H groups in total. The summed E-state index contributed by atoms with van der Waals surface area (Å²) in [7, 11) is 2.20. The molecule has 1 aliphatic heterocycles. The van der Waals surface area contributed by atoms with Crippen LogP contribution in [0.5, 0.6) is 0 Å². The predicted octanol–water partition coefficient (Wildman–Crippen LogP) is 0.168. The van der Waals surface area contributed by atoms with Crippen LogP contribution in [-0.4, -0.2) is 44.2 Å². The minimum Gasteiger partial charge on any atom is -0.858 e. The Hall–Kier alpha value is -2.73. The molecule has 136 valence electrons. The number of nitrogen functional groups attached to an aromatic ring is 1. The van der Waals surface area contributed by atoms with E-state index in [1.54, 1.807) is 29.2 Å². The first-order chi connectivity index (χ1) is 12.5. The topological polar surface area (TPSA) is 115 Å². The summed E-state index contributed by atoms with van der Waals surface area (Å²) in [6, 6.07) is 12.0. The van der Waals surface area contributed by atoms with E-state index in [0.29, 0.717) is 5.69 Å². The van der Waals surface area contributed by atoms with Gasteiger partial charge in [-0.2, -0.15) is 5.26 Å². The number of likely N-dealkylation sites (N-methyl/N-ethyl adjacent to an activating group) is 1. The zero-order valence-corrected chi connectivity index (χ0v) is 15.3. The molecule has 1 aromatic carbocycles. The Bertz CT molecular complexity index is 852. The lowest BCUT2D eigenvalue weighted by Crippen LogP contribution is -3.11. The highest BCUT2D eigenvalue weighted by molar-refractivity contribution is 7.71. The Morgan fingerprint density at radius 2 is 2.00 bits per heavy atom. The van der Waals surface area contributed by atoms with Gasteiger partial charge in [0.15, 0.2) is 0 Å². The first kappa shape index (κ1) is 19.6. The Kier molecular flexibility index (Phi) is 7.29. The van der Waals surface area contributed by atoms with E-state index in [1.165, 1.54) is 19.2 Å². The van der Waals surface area contributed by atoms with Gasteiger partial charge in [-0.05, 0) is 24.1 Å². The molecule has 2 aromatic rings. The summed E-state index contributed by atoms with van der Waals surface area (Å²) in [6.07, 6.45) is 0. The number of aromatic amines is 1. The summed E-state index contributed by atoms with van der Waals surface area (Å²) >= 11 is 4.91. The van der Waals surface area contributed by atoms with Crippen LogP contribution in [0, 0.1) is 16.0 Å². The highest BCUT2D eigenvalue weighted by Crippen LogP contribution is 2.15. The summed E-state index contributed by atoms with van der Waals surface area (Å²) in [6.45, 7) is 4.26. The molecule has 0 unspecified atom stereocenters. The number of nitrogens with two attached hydrogens (primary N) is 1. The SMILES string of the molecule is C[NH+]1CCOCC1.N#Cc1cc(C([O-])=Nc2ccccc2)c(N)[nH]c1=S. The fourth-order valence-electron chi connectivity index (χ4n) is 2.20. The number of benzene rings is 1. The first-order valence-electron chi connectivity index (χ1n) is 8.14. The summed E-state index contributed by atoms with van der Waals surface area (Å²) in [5, 5.41) is 20.9. The van der Waals surface area contributed by atoms with Crippen molar-refractivity contribution in [2.75, 3.05) is 39.1 Å². The Morgan fingerprint density at radius 1 is 1.35 bits per heavy atom. The number of quaternary nitrogens is 1. The number of nitrogens with zero attached hydrogens (tertiary/aromatic N) is 2. The van der Waals surface area contributed by atoms with E-state index in [9.17, 15) is 5.11 Å². The number of aliphatic imine (C=N–C) groups is 1. The second-order valence-corrected chi connectivity index (χ2v) is 6.18. The molecule has 7 nitrogen and oxygen atoms in total. The smallest absolute Gasteiger partial charge is 0.122 e. The number of anilines is 1. The van der Waals surface area contributed by atoms with Crippen molar-refractivity contribution < 1.29 is 14.7 Å². The lowest BCUT2D eigenvalue weighted by molar-refractivity contribution is -0.888. The average Bonchev–Trinajstić information content (AvgIpc) is 2.64. The molecule has 2 heterocycles. The van der Waals surface area contributed by atoms with E-state index in [1.807, 2.05) is 12.1 Å². The van der Waals surface area contributed by atoms with Crippen LogP contribution in [-0.2, 0) is 4.74 Å². The van der Waals surface area contributed by atoms with Crippen LogP contribution >= 0.6 is 12.2 Å². The van der Waals surface area contributed by atoms with Gasteiger partial charge in [-0.3, -0.25) is 4.99 Å². The van der Waals surface area contributed by atoms with Gasteiger partial charge in [-0.25, -0.2) is 0 Å². The molecule has 1 saturated heterocycles. The molecule has 1 aromatic heterocycles. The molecule has 1 aliphatic rings. The third kappa shape index (κ3) is 5.67. The van der Waals surface area contributed by atoms with Crippen LogP contribution < -0.4 is 15.7 Å². The number of hydrogen-bond donors (Lipinski definition) is 3. The number of hydrogen-bond acceptors (Lipinski definition) is 6. The van der Waals surface area contributed by atoms with Crippen molar-refractivity contribution in [3.05, 3.63) is 52.2 Å². The standard InChI is InChI=1S/C13H10N4OS.C5H11NO/c14-7-8-6-10(11(15)17-13(8)19)12(18)16-9-4-2-1-3-5-9;1-6-2-4-7-5-3-6/h1-6H,(H,16,18)(H3,15,17,19);2-5H2,1H3. The zero-order valence-electron chi connectivity index (χ0n) is 14.5. The molecule has 0 bridgehead atoms. The molecule has 26 heavy (non-hydrogen) atoms. The number of rotatable bonds is 2. The first-order valence-corrected chi connectivity index (χ1v) is 8.55. The molecule has 0 radical (unpaired) electrons. The number of para-hydroxylation sites is 1. The van der Waals surface area contributed by atoms with Crippen molar-refractivity contribution in [1.29, 1.82) is 5.26 Å². The quantitative estimate of drug-likeness (QED) is 0.395. The van der Waals surface area contributed by atoms with Gasteiger partial charge in [0.05, 0.1) is 31.5 Å². The maximum atomic E-state index is 12.0. The van der Waals surface area contributed by atoms with Gasteiger partial charge in [0, 0.05) is 5.56 Å². The van der Waals surface area contributed by atoms with Crippen LogP contribution in [0.2, 0.25) is 0 Å². The number of morpholine rings is 1. The third-order valence-electron chi connectivity index (χ3n) is 3.76. The number of ether oxygens (including phenoxy) is 1. The van der Waals surface area contributed by atoms with Gasteiger partial charge < -0.3 is 25.5 Å². The molecule has 0 atom stereocenters. The predicted molar refractivity (Wildman–Crippen MR) is 101 cm³/mol. The van der Waals surface area contributed by atoms with Crippen molar-refractivity contribution in [2.24, 2.45) is 4.99 Å². The number of H-pyrrole nitrogens is 1. The maximum absolute atomic E-state index is 12.0. The number of nitriles is 1. The normalized spacial score (nSPS) is 14.8. The average molecular weight is 371 g/mol. The Labute approximate surface area is 157 Å². The largest absolute Gasteiger partial charge is 0.858 e. The number of aromatic nitrogens is 1. The summed E-state index contributed by atoms with van der Waals surface area (Å²) in [5.41, 5.74) is 6.53. The van der Waals surface area contributed by atoms with Gasteiger partial charge in [-0.1, -0.05) is 30.4 Å². The summed E-state index contributed by atoms with van der Waals surface area (Å²) in [5.74, 6) is -0.417. The summed E-state index contributed by atoms with van der Waals surface area (Å²) in [4.78, 5) is 8.12. The minimum absolute atomic E-state index is 0.105. The van der Waals surface area contributed by atoms with Gasteiger partial charge in [0.25, 0.3) is 0 Å². The molecule has 8 heteroatoms. The maximum Gasteiger partial charge on any atom is 0.122 e. The lowest BCUT2D eigenvalue weighted by Gasteiger charge is -2.18. The van der Waals surface area contributed by atoms with E-state index < -0.39 is 5.90 Å². The van der Waals surface area contributed by atoms with Crippen molar-refractivity contribution in [3.8, 4) is 6.07 Å². The fraction of sp³-hybridized carbons (Fsp3) is 0.278.